The Hall–Kier alpha value is -1.04. The fourth-order valence-electron chi connectivity index (χ4n) is 2.12. The first-order chi connectivity index (χ1) is 7.79. The highest BCUT2D eigenvalue weighted by Gasteiger charge is 2.12. The standard InChI is InChI=1S/C16H23/c1-4-6-11-15(10-5-2)14(3)16-12-8-7-9-13-16/h3,7-9,12-13,15H,4-6,10-11H2,1-2H3. The summed E-state index contributed by atoms with van der Waals surface area (Å²) in [6.07, 6.45) is 6.17. The second-order valence-corrected chi connectivity index (χ2v) is 4.45. The van der Waals surface area contributed by atoms with Crippen LogP contribution in [0.5, 0.6) is 0 Å². The molecule has 16 heavy (non-hydrogen) atoms. The molecule has 1 atom stereocenters. The van der Waals surface area contributed by atoms with Crippen molar-refractivity contribution >= 4 is 5.57 Å². The molecule has 1 rings (SSSR count). The highest BCUT2D eigenvalue weighted by Crippen LogP contribution is 2.29. The van der Waals surface area contributed by atoms with E-state index in [1.165, 1.54) is 37.7 Å². The topological polar surface area (TPSA) is 0 Å². The second-order valence-electron chi connectivity index (χ2n) is 4.45. The van der Waals surface area contributed by atoms with Crippen LogP contribution in [0.2, 0.25) is 0 Å². The Morgan fingerprint density at radius 3 is 2.31 bits per heavy atom. The van der Waals surface area contributed by atoms with Gasteiger partial charge in [0.05, 0.1) is 0 Å². The van der Waals surface area contributed by atoms with Gasteiger partial charge in [-0.3, -0.25) is 0 Å². The van der Waals surface area contributed by atoms with E-state index in [0.29, 0.717) is 5.92 Å². The minimum Gasteiger partial charge on any atom is -0.0654 e. The van der Waals surface area contributed by atoms with Crippen LogP contribution in [0, 0.1) is 12.5 Å². The highest BCUT2D eigenvalue weighted by atomic mass is 14.2. The van der Waals surface area contributed by atoms with Gasteiger partial charge in [0.2, 0.25) is 0 Å². The summed E-state index contributed by atoms with van der Waals surface area (Å²) in [6, 6.07) is 10.4. The molecule has 87 valence electrons. The highest BCUT2D eigenvalue weighted by molar-refractivity contribution is 5.63. The first kappa shape index (κ1) is 13.0. The Balaban J connectivity index is 2.67. The van der Waals surface area contributed by atoms with Crippen molar-refractivity contribution in [2.75, 3.05) is 0 Å². The largest absolute Gasteiger partial charge is 0.0654 e. The molecule has 0 aromatic heterocycles. The maximum atomic E-state index is 6.28. The molecule has 1 aromatic carbocycles. The molecule has 0 aliphatic carbocycles. The van der Waals surface area contributed by atoms with E-state index in [9.17, 15) is 0 Å². The van der Waals surface area contributed by atoms with Crippen LogP contribution in [0.3, 0.4) is 0 Å². The van der Waals surface area contributed by atoms with Gasteiger partial charge in [-0.1, -0.05) is 70.0 Å². The normalized spacial score (nSPS) is 12.4. The van der Waals surface area contributed by atoms with Gasteiger partial charge in [-0.2, -0.15) is 0 Å². The maximum absolute atomic E-state index is 6.28. The van der Waals surface area contributed by atoms with Crippen molar-refractivity contribution in [1.29, 1.82) is 0 Å². The summed E-state index contributed by atoms with van der Waals surface area (Å²) in [4.78, 5) is 0. The van der Waals surface area contributed by atoms with Crippen LogP contribution in [0.15, 0.2) is 30.3 Å². The van der Waals surface area contributed by atoms with Gasteiger partial charge in [0, 0.05) is 0 Å². The Morgan fingerprint density at radius 2 is 1.75 bits per heavy atom. The SMILES string of the molecule is [CH]=C(c1ccccc1)C(CCC)CCCC. The molecule has 0 spiro atoms. The molecular weight excluding hydrogens is 192 g/mol. The van der Waals surface area contributed by atoms with Gasteiger partial charge in [0.15, 0.2) is 0 Å². The number of rotatable bonds is 7. The number of hydrogen-bond acceptors (Lipinski definition) is 0. The smallest absolute Gasteiger partial charge is 0.0156 e. The van der Waals surface area contributed by atoms with E-state index in [2.05, 4.69) is 38.1 Å². The van der Waals surface area contributed by atoms with E-state index < -0.39 is 0 Å². The molecular formula is C16H23. The fourth-order valence-corrected chi connectivity index (χ4v) is 2.12. The summed E-state index contributed by atoms with van der Waals surface area (Å²) in [5.41, 5.74) is 2.29. The van der Waals surface area contributed by atoms with E-state index in [4.69, 9.17) is 6.58 Å². The van der Waals surface area contributed by atoms with E-state index >= 15 is 0 Å². The monoisotopic (exact) mass is 215 g/mol. The average Bonchev–Trinajstić information content (AvgIpc) is 2.35. The summed E-state index contributed by atoms with van der Waals surface area (Å²) in [7, 11) is 0. The molecule has 0 aliphatic heterocycles. The predicted molar refractivity (Wildman–Crippen MR) is 72.1 cm³/mol. The van der Waals surface area contributed by atoms with Gasteiger partial charge in [-0.25, -0.2) is 0 Å². The molecule has 1 unspecified atom stereocenters. The number of hydrogen-bond donors (Lipinski definition) is 0. The molecule has 1 aromatic rings. The minimum absolute atomic E-state index is 0.562. The Bertz CT molecular complexity index is 297. The molecule has 0 aliphatic rings. The Kier molecular flexibility index (Phi) is 5.92. The van der Waals surface area contributed by atoms with Gasteiger partial charge in [0.25, 0.3) is 0 Å². The maximum Gasteiger partial charge on any atom is -0.0156 e. The predicted octanol–water partition coefficient (Wildman–Crippen LogP) is 5.11. The van der Waals surface area contributed by atoms with Crippen molar-refractivity contribution in [1.82, 2.24) is 0 Å². The Labute approximate surface area is 100 Å². The molecule has 0 heterocycles. The molecule has 0 N–H and O–H groups in total. The zero-order chi connectivity index (χ0) is 11.8. The molecule has 0 saturated carbocycles. The van der Waals surface area contributed by atoms with Gasteiger partial charge in [-0.05, 0) is 29.9 Å². The summed E-state index contributed by atoms with van der Waals surface area (Å²) in [6.45, 7) is 10.8. The molecule has 1 radical (unpaired) electrons. The number of allylic oxidation sites excluding steroid dienone is 1. The lowest BCUT2D eigenvalue weighted by Crippen LogP contribution is -2.02. The van der Waals surface area contributed by atoms with Crippen molar-refractivity contribution < 1.29 is 0 Å². The number of unbranched alkanes of at least 4 members (excludes halogenated alkanes) is 1. The van der Waals surface area contributed by atoms with Crippen molar-refractivity contribution in [2.45, 2.75) is 46.0 Å². The van der Waals surface area contributed by atoms with Gasteiger partial charge in [-0.15, -0.1) is 0 Å². The molecule has 0 fully saturated rings. The molecule has 0 bridgehead atoms. The quantitative estimate of drug-likeness (QED) is 0.593. The molecule has 0 amide bonds. The second kappa shape index (κ2) is 7.27. The van der Waals surface area contributed by atoms with Gasteiger partial charge >= 0.3 is 0 Å². The minimum atomic E-state index is 0.562. The number of benzene rings is 1. The summed E-state index contributed by atoms with van der Waals surface area (Å²) in [5, 5.41) is 0. The molecule has 0 nitrogen and oxygen atoms in total. The van der Waals surface area contributed by atoms with Crippen molar-refractivity contribution in [2.24, 2.45) is 5.92 Å². The van der Waals surface area contributed by atoms with Gasteiger partial charge in [0.1, 0.15) is 0 Å². The van der Waals surface area contributed by atoms with Crippen molar-refractivity contribution in [3.8, 4) is 0 Å². The van der Waals surface area contributed by atoms with Crippen LogP contribution in [-0.4, -0.2) is 0 Å². The van der Waals surface area contributed by atoms with Gasteiger partial charge < -0.3 is 0 Å². The van der Waals surface area contributed by atoms with E-state index in [1.54, 1.807) is 0 Å². The lowest BCUT2D eigenvalue weighted by molar-refractivity contribution is 0.525. The first-order valence-corrected chi connectivity index (χ1v) is 6.47. The molecule has 0 heteroatoms. The average molecular weight is 215 g/mol. The van der Waals surface area contributed by atoms with Crippen LogP contribution >= 0.6 is 0 Å². The zero-order valence-electron chi connectivity index (χ0n) is 10.6. The lowest BCUT2D eigenvalue weighted by atomic mass is 9.86. The summed E-state index contributed by atoms with van der Waals surface area (Å²) in [5.74, 6) is 0.562. The van der Waals surface area contributed by atoms with Crippen LogP contribution in [-0.2, 0) is 0 Å². The van der Waals surface area contributed by atoms with E-state index in [-0.39, 0.29) is 0 Å². The lowest BCUT2D eigenvalue weighted by Gasteiger charge is -2.18. The molecule has 0 saturated heterocycles. The van der Waals surface area contributed by atoms with Crippen molar-refractivity contribution in [3.63, 3.8) is 0 Å². The first-order valence-electron chi connectivity index (χ1n) is 6.47. The third kappa shape index (κ3) is 3.84. The van der Waals surface area contributed by atoms with Crippen LogP contribution < -0.4 is 0 Å². The zero-order valence-corrected chi connectivity index (χ0v) is 10.6. The van der Waals surface area contributed by atoms with Crippen LogP contribution in [0.4, 0.5) is 0 Å². The van der Waals surface area contributed by atoms with E-state index in [0.717, 1.165) is 5.57 Å². The van der Waals surface area contributed by atoms with E-state index in [1.807, 2.05) is 6.07 Å². The van der Waals surface area contributed by atoms with Crippen LogP contribution in [0.1, 0.15) is 51.5 Å². The summed E-state index contributed by atoms with van der Waals surface area (Å²) >= 11 is 0. The Morgan fingerprint density at radius 1 is 1.06 bits per heavy atom. The van der Waals surface area contributed by atoms with Crippen LogP contribution in [0.25, 0.3) is 5.57 Å². The van der Waals surface area contributed by atoms with Crippen molar-refractivity contribution in [3.05, 3.63) is 42.5 Å². The summed E-state index contributed by atoms with van der Waals surface area (Å²) < 4.78 is 0. The fraction of sp³-hybridized carbons (Fsp3) is 0.500. The third-order valence-electron chi connectivity index (χ3n) is 3.09. The third-order valence-corrected chi connectivity index (χ3v) is 3.09.